The first-order valence-corrected chi connectivity index (χ1v) is 9.23. The van der Waals surface area contributed by atoms with Gasteiger partial charge in [-0.3, -0.25) is 15.1 Å². The number of hydrogen-bond donors (Lipinski definition) is 1. The number of hydrogen-bond acceptors (Lipinski definition) is 6. The lowest BCUT2D eigenvalue weighted by Crippen LogP contribution is -2.48. The molecular formula is C16H19ClN4O4S. The van der Waals surface area contributed by atoms with Crippen LogP contribution in [0.2, 0.25) is 0 Å². The predicted octanol–water partition coefficient (Wildman–Crippen LogP) is 2.06. The third-order valence-electron chi connectivity index (χ3n) is 4.24. The van der Waals surface area contributed by atoms with Gasteiger partial charge in [0.05, 0.1) is 15.9 Å². The van der Waals surface area contributed by atoms with Crippen molar-refractivity contribution in [1.82, 2.24) is 14.6 Å². The van der Waals surface area contributed by atoms with Gasteiger partial charge >= 0.3 is 0 Å². The van der Waals surface area contributed by atoms with E-state index in [1.54, 1.807) is 18.5 Å². The van der Waals surface area contributed by atoms with Crippen LogP contribution in [0.5, 0.6) is 0 Å². The number of sulfonamides is 1. The number of halogens is 1. The minimum absolute atomic E-state index is 0. The zero-order valence-electron chi connectivity index (χ0n) is 14.0. The Kier molecular flexibility index (Phi) is 6.30. The number of pyridine rings is 1. The van der Waals surface area contributed by atoms with E-state index in [1.807, 2.05) is 6.07 Å². The molecule has 1 fully saturated rings. The number of rotatable bonds is 4. The van der Waals surface area contributed by atoms with Crippen LogP contribution in [0.4, 0.5) is 5.69 Å². The molecule has 8 nitrogen and oxygen atoms in total. The van der Waals surface area contributed by atoms with Gasteiger partial charge in [-0.05, 0) is 30.7 Å². The molecule has 1 aliphatic heterocycles. The summed E-state index contributed by atoms with van der Waals surface area (Å²) in [5.74, 6) is 0. The van der Waals surface area contributed by atoms with E-state index < -0.39 is 14.9 Å². The number of nitro benzene ring substituents is 1. The van der Waals surface area contributed by atoms with Crippen molar-refractivity contribution >= 4 is 28.1 Å². The zero-order chi connectivity index (χ0) is 18.0. The van der Waals surface area contributed by atoms with Crippen molar-refractivity contribution in [2.24, 2.45) is 0 Å². The third-order valence-corrected chi connectivity index (χ3v) is 6.14. The number of benzene rings is 1. The van der Waals surface area contributed by atoms with E-state index in [9.17, 15) is 18.5 Å². The molecule has 3 rings (SSSR count). The van der Waals surface area contributed by atoms with Crippen LogP contribution in [-0.2, 0) is 10.0 Å². The van der Waals surface area contributed by atoms with E-state index in [0.29, 0.717) is 25.2 Å². The fourth-order valence-corrected chi connectivity index (χ4v) is 4.66. The van der Waals surface area contributed by atoms with Gasteiger partial charge in [0.15, 0.2) is 0 Å². The van der Waals surface area contributed by atoms with Gasteiger partial charge in [-0.2, -0.15) is 4.31 Å². The molecule has 26 heavy (non-hydrogen) atoms. The summed E-state index contributed by atoms with van der Waals surface area (Å²) in [5.41, 5.74) is 1.03. The van der Waals surface area contributed by atoms with Crippen LogP contribution in [0.25, 0.3) is 0 Å². The fraction of sp³-hybridized carbons (Fsp3) is 0.312. The molecule has 140 valence electrons. The lowest BCUT2D eigenvalue weighted by Gasteiger charge is -2.35. The quantitative estimate of drug-likeness (QED) is 0.624. The second-order valence-electron chi connectivity index (χ2n) is 5.83. The largest absolute Gasteiger partial charge is 0.313 e. The van der Waals surface area contributed by atoms with Crippen LogP contribution in [0, 0.1) is 17.0 Å². The van der Waals surface area contributed by atoms with Gasteiger partial charge in [-0.25, -0.2) is 8.42 Å². The SMILES string of the molecule is Cc1cc(S(=O)(=O)N2CCNCC2c2cccnc2)ccc1[N+](=O)[O-].Cl. The minimum atomic E-state index is -3.78. The van der Waals surface area contributed by atoms with E-state index in [4.69, 9.17) is 0 Å². The van der Waals surface area contributed by atoms with Crippen molar-refractivity contribution < 1.29 is 13.3 Å². The normalized spacial score (nSPS) is 18.1. The highest BCUT2D eigenvalue weighted by molar-refractivity contribution is 7.89. The van der Waals surface area contributed by atoms with Crippen molar-refractivity contribution in [3.05, 3.63) is 64.0 Å². The van der Waals surface area contributed by atoms with Gasteiger partial charge in [0, 0.05) is 43.7 Å². The second-order valence-corrected chi connectivity index (χ2v) is 7.72. The maximum atomic E-state index is 13.1. The predicted molar refractivity (Wildman–Crippen MR) is 98.8 cm³/mol. The monoisotopic (exact) mass is 398 g/mol. The second kappa shape index (κ2) is 8.09. The smallest absolute Gasteiger partial charge is 0.272 e. The van der Waals surface area contributed by atoms with E-state index in [1.165, 1.54) is 29.4 Å². The molecule has 10 heteroatoms. The summed E-state index contributed by atoms with van der Waals surface area (Å²) < 4.78 is 27.7. The number of aromatic nitrogens is 1. The first-order valence-electron chi connectivity index (χ1n) is 7.79. The lowest BCUT2D eigenvalue weighted by atomic mass is 10.1. The van der Waals surface area contributed by atoms with Crippen LogP contribution in [-0.4, -0.2) is 42.3 Å². The van der Waals surface area contributed by atoms with Gasteiger partial charge in [0.1, 0.15) is 0 Å². The Morgan fingerprint density at radius 1 is 1.35 bits per heavy atom. The molecule has 0 spiro atoms. The summed E-state index contributed by atoms with van der Waals surface area (Å²) in [7, 11) is -3.78. The molecule has 0 aliphatic carbocycles. The third kappa shape index (κ3) is 3.85. The van der Waals surface area contributed by atoms with Gasteiger partial charge in [0.25, 0.3) is 5.69 Å². The number of nitrogens with zero attached hydrogens (tertiary/aromatic N) is 3. The first-order chi connectivity index (χ1) is 11.9. The molecule has 1 unspecified atom stereocenters. The fourth-order valence-electron chi connectivity index (χ4n) is 2.96. The van der Waals surface area contributed by atoms with Crippen LogP contribution < -0.4 is 5.32 Å². The van der Waals surface area contributed by atoms with Crippen molar-refractivity contribution in [1.29, 1.82) is 0 Å². The molecule has 2 heterocycles. The van der Waals surface area contributed by atoms with Crippen molar-refractivity contribution in [2.45, 2.75) is 17.9 Å². The average molecular weight is 399 g/mol. The summed E-state index contributed by atoms with van der Waals surface area (Å²) in [4.78, 5) is 14.6. The van der Waals surface area contributed by atoms with Crippen LogP contribution in [0.15, 0.2) is 47.6 Å². The highest BCUT2D eigenvalue weighted by Crippen LogP contribution is 2.30. The van der Waals surface area contributed by atoms with Crippen molar-refractivity contribution in [3.8, 4) is 0 Å². The minimum Gasteiger partial charge on any atom is -0.313 e. The maximum Gasteiger partial charge on any atom is 0.272 e. The molecule has 0 saturated carbocycles. The standard InChI is InChI=1S/C16H18N4O4S.ClH/c1-12-9-14(4-5-15(12)20(21)22)25(23,24)19-8-7-18-11-16(19)13-3-2-6-17-10-13;/h2-6,9-10,16,18H,7-8,11H2,1H3;1H. The number of aryl methyl sites for hydroxylation is 1. The number of nitrogens with one attached hydrogen (secondary N) is 1. The molecule has 1 atom stereocenters. The van der Waals surface area contributed by atoms with Gasteiger partial charge in [0.2, 0.25) is 10.0 Å². The molecule has 0 amide bonds. The zero-order valence-corrected chi connectivity index (χ0v) is 15.7. The molecule has 1 aromatic carbocycles. The molecule has 1 aliphatic rings. The Bertz CT molecular complexity index is 892. The van der Waals surface area contributed by atoms with E-state index in [0.717, 1.165) is 5.56 Å². The van der Waals surface area contributed by atoms with Crippen molar-refractivity contribution in [3.63, 3.8) is 0 Å². The van der Waals surface area contributed by atoms with Crippen molar-refractivity contribution in [2.75, 3.05) is 19.6 Å². The Balaban J connectivity index is 0.00000243. The highest BCUT2D eigenvalue weighted by Gasteiger charge is 2.35. The Morgan fingerprint density at radius 3 is 2.73 bits per heavy atom. The summed E-state index contributed by atoms with van der Waals surface area (Å²) in [6.07, 6.45) is 3.29. The van der Waals surface area contributed by atoms with E-state index >= 15 is 0 Å². The summed E-state index contributed by atoms with van der Waals surface area (Å²) >= 11 is 0. The van der Waals surface area contributed by atoms with Gasteiger partial charge in [-0.1, -0.05) is 6.07 Å². The first kappa shape index (κ1) is 20.2. The highest BCUT2D eigenvalue weighted by atomic mass is 35.5. The van der Waals surface area contributed by atoms with Crippen LogP contribution in [0.3, 0.4) is 0 Å². The van der Waals surface area contributed by atoms with E-state index in [-0.39, 0.29) is 29.0 Å². The summed E-state index contributed by atoms with van der Waals surface area (Å²) in [5, 5.41) is 14.2. The van der Waals surface area contributed by atoms with Crippen LogP contribution in [0.1, 0.15) is 17.2 Å². The molecule has 1 saturated heterocycles. The lowest BCUT2D eigenvalue weighted by molar-refractivity contribution is -0.385. The molecule has 0 radical (unpaired) electrons. The Hall–Kier alpha value is -2.07. The molecular weight excluding hydrogens is 380 g/mol. The molecule has 0 bridgehead atoms. The molecule has 1 N–H and O–H groups in total. The summed E-state index contributed by atoms with van der Waals surface area (Å²) in [6.45, 7) is 2.88. The Morgan fingerprint density at radius 2 is 2.12 bits per heavy atom. The number of nitro groups is 1. The van der Waals surface area contributed by atoms with Gasteiger partial charge in [-0.15, -0.1) is 12.4 Å². The Labute approximate surface area is 157 Å². The average Bonchev–Trinajstić information content (AvgIpc) is 2.62. The topological polar surface area (TPSA) is 105 Å². The van der Waals surface area contributed by atoms with E-state index in [2.05, 4.69) is 10.3 Å². The summed E-state index contributed by atoms with van der Waals surface area (Å²) in [6, 6.07) is 7.13. The molecule has 1 aromatic heterocycles. The maximum absolute atomic E-state index is 13.1. The number of piperazine rings is 1. The molecule has 2 aromatic rings. The van der Waals surface area contributed by atoms with Crippen LogP contribution >= 0.6 is 12.4 Å². The van der Waals surface area contributed by atoms with Gasteiger partial charge < -0.3 is 5.32 Å².